The lowest BCUT2D eigenvalue weighted by Crippen LogP contribution is -2.55. The molecular weight excluding hydrogens is 578 g/mol. The first-order valence-electron chi connectivity index (χ1n) is 17.0. The lowest BCUT2D eigenvalue weighted by molar-refractivity contribution is -0.124. The minimum atomic E-state index is -0.554. The molecule has 2 unspecified atom stereocenters. The summed E-state index contributed by atoms with van der Waals surface area (Å²) in [5, 5.41) is 4.42. The standard InChI is InChI=1S/C37H51N5O4/c1-8-27(43)12-10-9-11-13-30(32-38-22-31(40-32)26-16-17-29-25(20-26)15-14-24(2)39-29)41-33(44)28-21-37(28)18-19-42(36(6,7)23-37)34(45)46-35(3,4)5/h14-17,20,22,28,30H,8-13,18-19,21,23H2,1-7H3,(H,38,40)(H,41,44)/t28?,30-,37?/m0/s1. The van der Waals surface area contributed by atoms with Crippen molar-refractivity contribution >= 4 is 28.7 Å². The number of fused-ring (bicyclic) bond motifs is 1. The number of ketones is 1. The van der Waals surface area contributed by atoms with Crippen molar-refractivity contribution in [3.8, 4) is 11.3 Å². The first kappa shape index (κ1) is 33.6. The zero-order valence-corrected chi connectivity index (χ0v) is 28.7. The lowest BCUT2D eigenvalue weighted by Gasteiger charge is -2.46. The van der Waals surface area contributed by atoms with Crippen LogP contribution in [-0.2, 0) is 14.3 Å². The molecule has 5 rings (SSSR count). The molecule has 1 aliphatic heterocycles. The van der Waals surface area contributed by atoms with Gasteiger partial charge in [-0.15, -0.1) is 0 Å². The zero-order valence-electron chi connectivity index (χ0n) is 28.7. The number of pyridine rings is 1. The Morgan fingerprint density at radius 1 is 1.13 bits per heavy atom. The van der Waals surface area contributed by atoms with E-state index in [1.165, 1.54) is 0 Å². The second-order valence-corrected chi connectivity index (χ2v) is 15.1. The summed E-state index contributed by atoms with van der Waals surface area (Å²) < 4.78 is 5.69. The van der Waals surface area contributed by atoms with Gasteiger partial charge in [0.15, 0.2) is 0 Å². The summed E-state index contributed by atoms with van der Waals surface area (Å²) in [5.41, 5.74) is 2.77. The Kier molecular flexibility index (Phi) is 9.62. The minimum Gasteiger partial charge on any atom is -0.444 e. The number of aromatic amines is 1. The van der Waals surface area contributed by atoms with Gasteiger partial charge in [0.1, 0.15) is 17.2 Å². The second kappa shape index (κ2) is 13.2. The fraction of sp³-hybridized carbons (Fsp3) is 0.595. The van der Waals surface area contributed by atoms with E-state index in [4.69, 9.17) is 9.72 Å². The number of carbonyl (C=O) groups excluding carboxylic acids is 3. The van der Waals surface area contributed by atoms with E-state index in [0.717, 1.165) is 78.6 Å². The van der Waals surface area contributed by atoms with Gasteiger partial charge in [-0.1, -0.05) is 31.9 Å². The number of imidazole rings is 1. The summed E-state index contributed by atoms with van der Waals surface area (Å²) in [5.74, 6) is 0.992. The van der Waals surface area contributed by atoms with Gasteiger partial charge in [0.05, 0.1) is 23.4 Å². The van der Waals surface area contributed by atoms with E-state index in [-0.39, 0.29) is 29.4 Å². The van der Waals surface area contributed by atoms with Crippen LogP contribution in [0, 0.1) is 18.3 Å². The van der Waals surface area contributed by atoms with Gasteiger partial charge in [0.2, 0.25) is 5.91 Å². The molecule has 0 radical (unpaired) electrons. The number of H-pyrrole nitrogens is 1. The van der Waals surface area contributed by atoms with E-state index >= 15 is 0 Å². The molecule has 2 amide bonds. The Labute approximate surface area is 273 Å². The molecule has 9 nitrogen and oxygen atoms in total. The number of ether oxygens (including phenoxy) is 1. The highest BCUT2D eigenvalue weighted by Gasteiger charge is 2.62. The number of nitrogens with zero attached hydrogens (tertiary/aromatic N) is 3. The molecule has 9 heteroatoms. The third-order valence-electron chi connectivity index (χ3n) is 9.69. The molecule has 46 heavy (non-hydrogen) atoms. The zero-order chi connectivity index (χ0) is 33.3. The largest absolute Gasteiger partial charge is 0.444 e. The summed E-state index contributed by atoms with van der Waals surface area (Å²) in [6.07, 6.45) is 8.49. The molecule has 1 saturated carbocycles. The molecule has 1 spiro atoms. The predicted molar refractivity (Wildman–Crippen MR) is 180 cm³/mol. The average Bonchev–Trinajstić information content (AvgIpc) is 3.42. The molecule has 2 N–H and O–H groups in total. The van der Waals surface area contributed by atoms with Crippen LogP contribution < -0.4 is 5.32 Å². The van der Waals surface area contributed by atoms with Crippen LogP contribution in [-0.4, -0.2) is 55.3 Å². The van der Waals surface area contributed by atoms with Crippen LogP contribution >= 0.6 is 0 Å². The van der Waals surface area contributed by atoms with Gasteiger partial charge in [-0.25, -0.2) is 9.78 Å². The first-order chi connectivity index (χ1) is 21.7. The number of likely N-dealkylation sites (tertiary alicyclic amines) is 1. The molecule has 1 aromatic carbocycles. The number of benzene rings is 1. The smallest absolute Gasteiger partial charge is 0.410 e. The summed E-state index contributed by atoms with van der Waals surface area (Å²) in [6.45, 7) is 14.3. The molecule has 1 saturated heterocycles. The number of aromatic nitrogens is 3. The highest BCUT2D eigenvalue weighted by atomic mass is 16.6. The van der Waals surface area contributed by atoms with Crippen molar-refractivity contribution in [3.05, 3.63) is 48.0 Å². The van der Waals surface area contributed by atoms with Crippen molar-refractivity contribution < 1.29 is 19.1 Å². The predicted octanol–water partition coefficient (Wildman–Crippen LogP) is 7.84. The Morgan fingerprint density at radius 2 is 1.91 bits per heavy atom. The third-order valence-corrected chi connectivity index (χ3v) is 9.69. The van der Waals surface area contributed by atoms with Crippen LogP contribution in [0.25, 0.3) is 22.2 Å². The third kappa shape index (κ3) is 7.78. The van der Waals surface area contributed by atoms with Crippen molar-refractivity contribution in [1.29, 1.82) is 0 Å². The van der Waals surface area contributed by atoms with Gasteiger partial charge in [0.25, 0.3) is 0 Å². The van der Waals surface area contributed by atoms with Crippen LogP contribution in [0.2, 0.25) is 0 Å². The average molecular weight is 630 g/mol. The normalized spacial score (nSPS) is 21.3. The molecule has 3 aromatic rings. The first-order valence-corrected chi connectivity index (χ1v) is 17.0. The maximum absolute atomic E-state index is 13.8. The number of aryl methyl sites for hydroxylation is 1. The number of hydrogen-bond donors (Lipinski definition) is 2. The topological polar surface area (TPSA) is 117 Å². The van der Waals surface area contributed by atoms with Gasteiger partial charge >= 0.3 is 6.09 Å². The fourth-order valence-corrected chi connectivity index (χ4v) is 7.16. The maximum Gasteiger partial charge on any atom is 0.410 e. The highest BCUT2D eigenvalue weighted by Crippen LogP contribution is 2.62. The Balaban J connectivity index is 1.28. The van der Waals surface area contributed by atoms with Crippen molar-refractivity contribution in [1.82, 2.24) is 25.2 Å². The van der Waals surface area contributed by atoms with Crippen molar-refractivity contribution in [2.75, 3.05) is 6.54 Å². The van der Waals surface area contributed by atoms with Gasteiger partial charge < -0.3 is 19.9 Å². The van der Waals surface area contributed by atoms with E-state index in [1.807, 2.05) is 63.9 Å². The highest BCUT2D eigenvalue weighted by molar-refractivity contribution is 5.84. The number of unbranched alkanes of at least 4 members (excludes halogenated alkanes) is 2. The number of hydrogen-bond acceptors (Lipinski definition) is 6. The SMILES string of the molecule is CCC(=O)CCCCC[C@H](NC(=O)C1CC12CCN(C(=O)OC(C)(C)C)C(C)(C)C2)c1ncc(-c2ccc3nc(C)ccc3c2)[nH]1. The van der Waals surface area contributed by atoms with Crippen LogP contribution in [0.3, 0.4) is 0 Å². The molecule has 1 aliphatic carbocycles. The van der Waals surface area contributed by atoms with Gasteiger partial charge in [-0.05, 0) is 97.3 Å². The van der Waals surface area contributed by atoms with Crippen LogP contribution in [0.1, 0.15) is 117 Å². The van der Waals surface area contributed by atoms with E-state index in [1.54, 1.807) is 0 Å². The van der Waals surface area contributed by atoms with Gasteiger partial charge in [-0.3, -0.25) is 14.6 Å². The summed E-state index contributed by atoms with van der Waals surface area (Å²) in [4.78, 5) is 53.3. The minimum absolute atomic E-state index is 0.0535. The Morgan fingerprint density at radius 3 is 2.63 bits per heavy atom. The number of carbonyl (C=O) groups is 3. The van der Waals surface area contributed by atoms with E-state index in [2.05, 4.69) is 41.3 Å². The molecule has 3 heterocycles. The van der Waals surface area contributed by atoms with E-state index < -0.39 is 11.1 Å². The van der Waals surface area contributed by atoms with Crippen molar-refractivity contribution in [3.63, 3.8) is 0 Å². The summed E-state index contributed by atoms with van der Waals surface area (Å²) >= 11 is 0. The lowest BCUT2D eigenvalue weighted by atomic mass is 9.79. The van der Waals surface area contributed by atoms with E-state index in [9.17, 15) is 14.4 Å². The van der Waals surface area contributed by atoms with Crippen LogP contribution in [0.15, 0.2) is 36.5 Å². The molecular formula is C37H51N5O4. The fourth-order valence-electron chi connectivity index (χ4n) is 7.16. The molecule has 3 atom stereocenters. The summed E-state index contributed by atoms with van der Waals surface area (Å²) in [6, 6.07) is 10.0. The molecule has 2 fully saturated rings. The van der Waals surface area contributed by atoms with Crippen LogP contribution in [0.5, 0.6) is 0 Å². The molecule has 248 valence electrons. The second-order valence-electron chi connectivity index (χ2n) is 15.1. The van der Waals surface area contributed by atoms with Gasteiger partial charge in [-0.2, -0.15) is 0 Å². The Hall–Kier alpha value is -3.75. The van der Waals surface area contributed by atoms with E-state index in [0.29, 0.717) is 25.2 Å². The van der Waals surface area contributed by atoms with Gasteiger partial charge in [0, 0.05) is 47.5 Å². The number of rotatable bonds is 11. The van der Waals surface area contributed by atoms with Crippen molar-refractivity contribution in [2.45, 2.75) is 123 Å². The number of piperidine rings is 1. The number of nitrogens with one attached hydrogen (secondary N) is 2. The number of Topliss-reactive ketones (excluding diaryl/α,β-unsaturated/α-hetero) is 1. The molecule has 0 bridgehead atoms. The molecule has 2 aliphatic rings. The number of amides is 2. The monoisotopic (exact) mass is 629 g/mol. The van der Waals surface area contributed by atoms with Crippen molar-refractivity contribution in [2.24, 2.45) is 11.3 Å². The maximum atomic E-state index is 13.8. The Bertz CT molecular complexity index is 1590. The van der Waals surface area contributed by atoms with Crippen LogP contribution in [0.4, 0.5) is 4.79 Å². The summed E-state index contributed by atoms with van der Waals surface area (Å²) in [7, 11) is 0. The molecule has 2 aromatic heterocycles. The quantitative estimate of drug-likeness (QED) is 0.209.